The molecule has 0 radical (unpaired) electrons. The standard InChI is InChI=1S/C23H25FN4O2.HI/c1-25-23(26-14-13-18-5-3-4-6-21(18)24)28-16-17-7-12-22(27-15-17)30-20-10-8-19(29-2)9-11-20;/h3-12,15H,13-14,16H2,1-2H3,(H2,25,26,28);1H. The van der Waals surface area contributed by atoms with E-state index in [1.807, 2.05) is 42.5 Å². The Bertz CT molecular complexity index is 966. The number of halogens is 2. The fraction of sp³-hybridized carbons (Fsp3) is 0.217. The Morgan fingerprint density at radius 1 is 1.00 bits per heavy atom. The Hall–Kier alpha value is -2.88. The van der Waals surface area contributed by atoms with Crippen molar-refractivity contribution < 1.29 is 13.9 Å². The molecule has 1 aromatic heterocycles. The fourth-order valence-electron chi connectivity index (χ4n) is 2.76. The molecule has 0 aliphatic carbocycles. The lowest BCUT2D eigenvalue weighted by Gasteiger charge is -2.12. The van der Waals surface area contributed by atoms with Gasteiger partial charge in [0.2, 0.25) is 5.88 Å². The number of nitrogens with zero attached hydrogens (tertiary/aromatic N) is 2. The molecule has 2 aromatic carbocycles. The van der Waals surface area contributed by atoms with Gasteiger partial charge in [-0.2, -0.15) is 0 Å². The van der Waals surface area contributed by atoms with Crippen molar-refractivity contribution in [3.05, 3.63) is 83.8 Å². The summed E-state index contributed by atoms with van der Waals surface area (Å²) >= 11 is 0. The van der Waals surface area contributed by atoms with E-state index in [1.165, 1.54) is 6.07 Å². The fourth-order valence-corrected chi connectivity index (χ4v) is 2.76. The quantitative estimate of drug-likeness (QED) is 0.251. The van der Waals surface area contributed by atoms with Gasteiger partial charge >= 0.3 is 0 Å². The predicted molar refractivity (Wildman–Crippen MR) is 131 cm³/mol. The molecule has 164 valence electrons. The van der Waals surface area contributed by atoms with E-state index in [0.29, 0.717) is 42.7 Å². The molecule has 0 spiro atoms. The normalized spacial score (nSPS) is 10.7. The molecule has 3 aromatic rings. The third kappa shape index (κ3) is 7.71. The number of rotatable bonds is 8. The van der Waals surface area contributed by atoms with Crippen molar-refractivity contribution in [2.24, 2.45) is 4.99 Å². The van der Waals surface area contributed by atoms with Crippen LogP contribution in [0.25, 0.3) is 0 Å². The van der Waals surface area contributed by atoms with Gasteiger partial charge in [-0.15, -0.1) is 24.0 Å². The van der Waals surface area contributed by atoms with Crippen molar-refractivity contribution in [2.45, 2.75) is 13.0 Å². The van der Waals surface area contributed by atoms with Crippen LogP contribution in [-0.4, -0.2) is 31.6 Å². The van der Waals surface area contributed by atoms with Crippen LogP contribution in [0.15, 0.2) is 71.9 Å². The molecule has 0 atom stereocenters. The third-order valence-corrected chi connectivity index (χ3v) is 4.41. The summed E-state index contributed by atoms with van der Waals surface area (Å²) in [6.07, 6.45) is 2.32. The highest BCUT2D eigenvalue weighted by atomic mass is 127. The van der Waals surface area contributed by atoms with Crippen LogP contribution in [0.3, 0.4) is 0 Å². The monoisotopic (exact) mass is 536 g/mol. The van der Waals surface area contributed by atoms with Gasteiger partial charge in [0.25, 0.3) is 0 Å². The smallest absolute Gasteiger partial charge is 0.219 e. The minimum Gasteiger partial charge on any atom is -0.497 e. The van der Waals surface area contributed by atoms with Gasteiger partial charge in [0.15, 0.2) is 5.96 Å². The van der Waals surface area contributed by atoms with Crippen molar-refractivity contribution in [2.75, 3.05) is 20.7 Å². The van der Waals surface area contributed by atoms with Gasteiger partial charge in [-0.05, 0) is 47.9 Å². The number of hydrogen-bond donors (Lipinski definition) is 2. The summed E-state index contributed by atoms with van der Waals surface area (Å²) in [7, 11) is 3.32. The Morgan fingerprint density at radius 3 is 2.39 bits per heavy atom. The van der Waals surface area contributed by atoms with Gasteiger partial charge in [-0.1, -0.05) is 24.3 Å². The van der Waals surface area contributed by atoms with E-state index in [9.17, 15) is 4.39 Å². The van der Waals surface area contributed by atoms with Crippen molar-refractivity contribution in [3.63, 3.8) is 0 Å². The van der Waals surface area contributed by atoms with E-state index in [1.54, 1.807) is 32.5 Å². The van der Waals surface area contributed by atoms with Gasteiger partial charge < -0.3 is 20.1 Å². The SMILES string of the molecule is CN=C(NCCc1ccccc1F)NCc1ccc(Oc2ccc(OC)cc2)nc1.I. The average Bonchev–Trinajstić information content (AvgIpc) is 2.79. The minimum absolute atomic E-state index is 0. The molecule has 0 aliphatic rings. The number of pyridine rings is 1. The molecule has 0 bridgehead atoms. The highest BCUT2D eigenvalue weighted by Gasteiger charge is 2.04. The lowest BCUT2D eigenvalue weighted by atomic mass is 10.1. The lowest BCUT2D eigenvalue weighted by Crippen LogP contribution is -2.37. The topological polar surface area (TPSA) is 67.8 Å². The summed E-state index contributed by atoms with van der Waals surface area (Å²) in [5, 5.41) is 6.40. The number of ether oxygens (including phenoxy) is 2. The van der Waals surface area contributed by atoms with Crippen molar-refractivity contribution in [1.82, 2.24) is 15.6 Å². The maximum absolute atomic E-state index is 13.7. The second kappa shape index (κ2) is 12.7. The Kier molecular flexibility index (Phi) is 10.0. The van der Waals surface area contributed by atoms with E-state index in [2.05, 4.69) is 20.6 Å². The molecule has 0 fully saturated rings. The summed E-state index contributed by atoms with van der Waals surface area (Å²) in [6, 6.07) is 17.8. The van der Waals surface area contributed by atoms with E-state index in [4.69, 9.17) is 9.47 Å². The number of aromatic nitrogens is 1. The first-order valence-corrected chi connectivity index (χ1v) is 9.62. The zero-order valence-corrected chi connectivity index (χ0v) is 19.8. The zero-order chi connectivity index (χ0) is 21.2. The largest absolute Gasteiger partial charge is 0.497 e. The van der Waals surface area contributed by atoms with Crippen LogP contribution in [0.1, 0.15) is 11.1 Å². The molecule has 6 nitrogen and oxygen atoms in total. The van der Waals surface area contributed by atoms with Gasteiger partial charge in [0.1, 0.15) is 17.3 Å². The van der Waals surface area contributed by atoms with Crippen LogP contribution < -0.4 is 20.1 Å². The Morgan fingerprint density at radius 2 is 1.74 bits per heavy atom. The van der Waals surface area contributed by atoms with Crippen LogP contribution >= 0.6 is 24.0 Å². The van der Waals surface area contributed by atoms with Crippen LogP contribution in [0.5, 0.6) is 17.4 Å². The van der Waals surface area contributed by atoms with E-state index < -0.39 is 0 Å². The first kappa shape index (κ1) is 24.4. The van der Waals surface area contributed by atoms with Gasteiger partial charge in [-0.3, -0.25) is 4.99 Å². The van der Waals surface area contributed by atoms with Crippen molar-refractivity contribution >= 4 is 29.9 Å². The first-order chi connectivity index (χ1) is 14.7. The molecule has 8 heteroatoms. The highest BCUT2D eigenvalue weighted by molar-refractivity contribution is 14.0. The molecular weight excluding hydrogens is 510 g/mol. The van der Waals surface area contributed by atoms with Crippen molar-refractivity contribution in [1.29, 1.82) is 0 Å². The number of nitrogens with one attached hydrogen (secondary N) is 2. The number of aliphatic imine (C=N–C) groups is 1. The molecule has 0 amide bonds. The molecule has 2 N–H and O–H groups in total. The number of methoxy groups -OCH3 is 1. The second-order valence-corrected chi connectivity index (χ2v) is 6.48. The second-order valence-electron chi connectivity index (χ2n) is 6.48. The summed E-state index contributed by atoms with van der Waals surface area (Å²) in [5.41, 5.74) is 1.66. The minimum atomic E-state index is -0.190. The molecule has 0 aliphatic heterocycles. The highest BCUT2D eigenvalue weighted by Crippen LogP contribution is 2.22. The summed E-state index contributed by atoms with van der Waals surface area (Å²) < 4.78 is 24.5. The first-order valence-electron chi connectivity index (χ1n) is 9.62. The van der Waals surface area contributed by atoms with Crippen LogP contribution in [-0.2, 0) is 13.0 Å². The van der Waals surface area contributed by atoms with Gasteiger partial charge in [0.05, 0.1) is 7.11 Å². The van der Waals surface area contributed by atoms with Gasteiger partial charge in [-0.25, -0.2) is 9.37 Å². The lowest BCUT2D eigenvalue weighted by molar-refractivity contribution is 0.412. The number of hydrogen-bond acceptors (Lipinski definition) is 4. The third-order valence-electron chi connectivity index (χ3n) is 4.41. The summed E-state index contributed by atoms with van der Waals surface area (Å²) in [4.78, 5) is 8.53. The molecule has 0 saturated carbocycles. The van der Waals surface area contributed by atoms with Crippen LogP contribution in [0.4, 0.5) is 4.39 Å². The summed E-state index contributed by atoms with van der Waals surface area (Å²) in [5.74, 6) is 2.42. The maximum atomic E-state index is 13.7. The Balaban J connectivity index is 0.00000341. The Labute approximate surface area is 198 Å². The van der Waals surface area contributed by atoms with E-state index >= 15 is 0 Å². The number of guanidine groups is 1. The molecule has 0 saturated heterocycles. The number of benzene rings is 2. The van der Waals surface area contributed by atoms with Crippen LogP contribution in [0, 0.1) is 5.82 Å². The molecule has 3 rings (SSSR count). The predicted octanol–water partition coefficient (Wildman–Crippen LogP) is 4.55. The zero-order valence-electron chi connectivity index (χ0n) is 17.5. The average molecular weight is 536 g/mol. The van der Waals surface area contributed by atoms with E-state index in [-0.39, 0.29) is 29.8 Å². The van der Waals surface area contributed by atoms with Crippen LogP contribution in [0.2, 0.25) is 0 Å². The summed E-state index contributed by atoms with van der Waals surface area (Å²) in [6.45, 7) is 1.13. The van der Waals surface area contributed by atoms with Gasteiger partial charge in [0, 0.05) is 32.4 Å². The maximum Gasteiger partial charge on any atom is 0.219 e. The molecule has 0 unspecified atom stereocenters. The van der Waals surface area contributed by atoms with Crippen molar-refractivity contribution in [3.8, 4) is 17.4 Å². The molecule has 31 heavy (non-hydrogen) atoms. The van der Waals surface area contributed by atoms with E-state index in [0.717, 1.165) is 11.3 Å². The molecular formula is C23H26FIN4O2. The molecule has 1 heterocycles.